The molecule has 0 bridgehead atoms. The Morgan fingerprint density at radius 3 is 2.69 bits per heavy atom. The van der Waals surface area contributed by atoms with Gasteiger partial charge < -0.3 is 9.73 Å². The predicted octanol–water partition coefficient (Wildman–Crippen LogP) is 4.04. The van der Waals surface area contributed by atoms with Crippen LogP contribution in [0.2, 0.25) is 0 Å². The Balaban J connectivity index is 1.81. The maximum atomic E-state index is 13.0. The summed E-state index contributed by atoms with van der Waals surface area (Å²) in [6.45, 7) is 1.81. The molecule has 0 aliphatic rings. The number of furan rings is 1. The molecule has 1 aromatic carbocycles. The number of hydrogen-bond donors (Lipinski definition) is 1. The molecule has 1 amide bonds. The lowest BCUT2D eigenvalue weighted by Gasteiger charge is -2.14. The van der Waals surface area contributed by atoms with Gasteiger partial charge in [0.1, 0.15) is 10.8 Å². The van der Waals surface area contributed by atoms with E-state index in [0.717, 1.165) is 11.8 Å². The molecule has 26 heavy (non-hydrogen) atoms. The van der Waals surface area contributed by atoms with Gasteiger partial charge in [-0.2, -0.15) is 13.2 Å². The lowest BCUT2D eigenvalue weighted by Crippen LogP contribution is -2.30. The molecule has 2 aromatic heterocycles. The molecule has 0 radical (unpaired) electrons. The molecule has 0 spiro atoms. The number of carbonyl (C=O) groups excluding carboxylic acids is 1. The van der Waals surface area contributed by atoms with Crippen molar-refractivity contribution >= 4 is 28.6 Å². The minimum atomic E-state index is -4.66. The number of nitrogens with zero attached hydrogens (tertiary/aromatic N) is 2. The highest BCUT2D eigenvalue weighted by Gasteiger charge is 2.35. The molecular weight excluding hydrogens is 367 g/mol. The van der Waals surface area contributed by atoms with Gasteiger partial charge in [0.05, 0.1) is 23.6 Å². The fourth-order valence-electron chi connectivity index (χ4n) is 2.22. The molecule has 0 aliphatic carbocycles. The fraction of sp³-hybridized carbons (Fsp3) is 0.235. The van der Waals surface area contributed by atoms with Crippen molar-refractivity contribution in [3.05, 3.63) is 54.2 Å². The van der Waals surface area contributed by atoms with E-state index < -0.39 is 17.3 Å². The maximum Gasteiger partial charge on any atom is 0.451 e. The van der Waals surface area contributed by atoms with Crippen LogP contribution in [0.4, 0.5) is 13.2 Å². The van der Waals surface area contributed by atoms with Crippen molar-refractivity contribution in [1.82, 2.24) is 15.3 Å². The van der Waals surface area contributed by atoms with E-state index in [1.807, 2.05) is 0 Å². The van der Waals surface area contributed by atoms with Crippen LogP contribution in [0.5, 0.6) is 0 Å². The van der Waals surface area contributed by atoms with Crippen molar-refractivity contribution in [2.75, 3.05) is 0 Å². The standard InChI is InChI=1S/C17H14F3N3O2S/c1-10(14(24)21-9-11-5-4-8-25-11)26-15-12-6-2-3-7-13(12)22-16(23-15)17(18,19)20/h2-8,10H,9H2,1H3,(H,21,24)/t10-/m0/s1. The van der Waals surface area contributed by atoms with Gasteiger partial charge in [0.2, 0.25) is 11.7 Å². The van der Waals surface area contributed by atoms with E-state index in [-0.39, 0.29) is 23.0 Å². The topological polar surface area (TPSA) is 68.0 Å². The Kier molecular flexibility index (Phi) is 5.17. The van der Waals surface area contributed by atoms with Crippen molar-refractivity contribution in [2.24, 2.45) is 0 Å². The summed E-state index contributed by atoms with van der Waals surface area (Å²) < 4.78 is 44.3. The summed E-state index contributed by atoms with van der Waals surface area (Å²) in [7, 11) is 0. The second-order valence-electron chi connectivity index (χ2n) is 5.42. The molecule has 3 aromatic rings. The molecule has 1 N–H and O–H groups in total. The number of para-hydroxylation sites is 1. The number of carbonyl (C=O) groups is 1. The Labute approximate surface area is 151 Å². The number of amides is 1. The van der Waals surface area contributed by atoms with Gasteiger partial charge >= 0.3 is 6.18 Å². The van der Waals surface area contributed by atoms with Gasteiger partial charge in [-0.25, -0.2) is 9.97 Å². The molecule has 136 valence electrons. The van der Waals surface area contributed by atoms with E-state index in [4.69, 9.17) is 4.42 Å². The molecule has 3 rings (SSSR count). The molecule has 0 saturated heterocycles. The second kappa shape index (κ2) is 7.36. The van der Waals surface area contributed by atoms with Gasteiger partial charge in [0.25, 0.3) is 0 Å². The molecule has 0 saturated carbocycles. The van der Waals surface area contributed by atoms with Crippen molar-refractivity contribution < 1.29 is 22.4 Å². The summed E-state index contributed by atoms with van der Waals surface area (Å²) >= 11 is 0.955. The summed E-state index contributed by atoms with van der Waals surface area (Å²) in [5.74, 6) is -0.966. The smallest absolute Gasteiger partial charge is 0.451 e. The SMILES string of the molecule is C[C@H](Sc1nc(C(F)(F)F)nc2ccccc12)C(=O)NCc1ccco1. The zero-order chi connectivity index (χ0) is 18.7. The largest absolute Gasteiger partial charge is 0.467 e. The third-order valence-electron chi connectivity index (χ3n) is 3.50. The Hall–Kier alpha value is -2.55. The normalized spacial score (nSPS) is 12.9. The average Bonchev–Trinajstić information content (AvgIpc) is 3.12. The van der Waals surface area contributed by atoms with E-state index in [2.05, 4.69) is 15.3 Å². The number of alkyl halides is 3. The molecule has 0 fully saturated rings. The van der Waals surface area contributed by atoms with E-state index in [1.54, 1.807) is 37.3 Å². The monoisotopic (exact) mass is 381 g/mol. The van der Waals surface area contributed by atoms with Crippen LogP contribution in [-0.2, 0) is 17.5 Å². The van der Waals surface area contributed by atoms with E-state index in [0.29, 0.717) is 11.1 Å². The van der Waals surface area contributed by atoms with Crippen molar-refractivity contribution in [3.8, 4) is 0 Å². The van der Waals surface area contributed by atoms with Crippen molar-refractivity contribution in [3.63, 3.8) is 0 Å². The first-order chi connectivity index (χ1) is 12.3. The maximum absolute atomic E-state index is 13.0. The number of halogens is 3. The van der Waals surface area contributed by atoms with Crippen LogP contribution in [0, 0.1) is 0 Å². The van der Waals surface area contributed by atoms with Gasteiger partial charge in [-0.1, -0.05) is 30.0 Å². The molecule has 0 aliphatic heterocycles. The average molecular weight is 381 g/mol. The Bertz CT molecular complexity index is 913. The summed E-state index contributed by atoms with van der Waals surface area (Å²) in [5, 5.41) is 2.61. The Morgan fingerprint density at radius 1 is 1.23 bits per heavy atom. The first-order valence-corrected chi connectivity index (χ1v) is 8.53. The van der Waals surface area contributed by atoms with Crippen LogP contribution in [-0.4, -0.2) is 21.1 Å². The molecule has 2 heterocycles. The van der Waals surface area contributed by atoms with E-state index >= 15 is 0 Å². The summed E-state index contributed by atoms with van der Waals surface area (Å²) in [5.41, 5.74) is 0.181. The fourth-order valence-corrected chi connectivity index (χ4v) is 3.18. The molecule has 1 atom stereocenters. The highest BCUT2D eigenvalue weighted by Crippen LogP contribution is 2.33. The van der Waals surface area contributed by atoms with Crippen LogP contribution in [0.15, 0.2) is 52.1 Å². The van der Waals surface area contributed by atoms with Crippen LogP contribution < -0.4 is 5.32 Å². The number of aromatic nitrogens is 2. The lowest BCUT2D eigenvalue weighted by molar-refractivity contribution is -0.145. The number of thioether (sulfide) groups is 1. The zero-order valence-electron chi connectivity index (χ0n) is 13.6. The van der Waals surface area contributed by atoms with Gasteiger partial charge in [-0.15, -0.1) is 0 Å². The molecule has 5 nitrogen and oxygen atoms in total. The highest BCUT2D eigenvalue weighted by molar-refractivity contribution is 8.00. The Morgan fingerprint density at radius 2 is 2.00 bits per heavy atom. The number of benzene rings is 1. The minimum absolute atomic E-state index is 0.114. The molecule has 9 heteroatoms. The van der Waals surface area contributed by atoms with E-state index in [1.165, 1.54) is 12.3 Å². The third-order valence-corrected chi connectivity index (χ3v) is 4.60. The van der Waals surface area contributed by atoms with Crippen molar-refractivity contribution in [2.45, 2.75) is 29.9 Å². The quantitative estimate of drug-likeness (QED) is 0.534. The van der Waals surface area contributed by atoms with Crippen LogP contribution in [0.3, 0.4) is 0 Å². The summed E-state index contributed by atoms with van der Waals surface area (Å²) in [6, 6.07) is 9.81. The zero-order valence-corrected chi connectivity index (χ0v) is 14.4. The number of rotatable bonds is 5. The summed E-state index contributed by atoms with van der Waals surface area (Å²) in [4.78, 5) is 19.4. The second-order valence-corrected chi connectivity index (χ2v) is 6.75. The third kappa shape index (κ3) is 4.16. The van der Waals surface area contributed by atoms with Crippen LogP contribution >= 0.6 is 11.8 Å². The summed E-state index contributed by atoms with van der Waals surface area (Å²) in [6.07, 6.45) is -3.17. The van der Waals surface area contributed by atoms with Gasteiger partial charge in [-0.05, 0) is 25.1 Å². The van der Waals surface area contributed by atoms with Crippen LogP contribution in [0.1, 0.15) is 18.5 Å². The first-order valence-electron chi connectivity index (χ1n) is 7.65. The number of nitrogens with one attached hydrogen (secondary N) is 1. The van der Waals surface area contributed by atoms with Gasteiger partial charge in [0.15, 0.2) is 0 Å². The first kappa shape index (κ1) is 18.2. The van der Waals surface area contributed by atoms with Crippen LogP contribution in [0.25, 0.3) is 10.9 Å². The highest BCUT2D eigenvalue weighted by atomic mass is 32.2. The molecular formula is C17H14F3N3O2S. The number of fused-ring (bicyclic) bond motifs is 1. The van der Waals surface area contributed by atoms with Gasteiger partial charge in [-0.3, -0.25) is 4.79 Å². The lowest BCUT2D eigenvalue weighted by atomic mass is 10.2. The van der Waals surface area contributed by atoms with Gasteiger partial charge in [0, 0.05) is 5.39 Å². The number of hydrogen-bond acceptors (Lipinski definition) is 5. The van der Waals surface area contributed by atoms with E-state index in [9.17, 15) is 18.0 Å². The minimum Gasteiger partial charge on any atom is -0.467 e. The van der Waals surface area contributed by atoms with Crippen molar-refractivity contribution in [1.29, 1.82) is 0 Å². The predicted molar refractivity (Wildman–Crippen MR) is 90.4 cm³/mol. The molecule has 0 unspecified atom stereocenters.